The number of hydrogen-bond donors (Lipinski definition) is 2. The average Bonchev–Trinajstić information content (AvgIpc) is 2.33. The van der Waals surface area contributed by atoms with Gasteiger partial charge in [0.2, 0.25) is 0 Å². The van der Waals surface area contributed by atoms with Crippen molar-refractivity contribution in [1.29, 1.82) is 0 Å². The molecule has 2 aliphatic heterocycles. The molecule has 94 valence electrons. The first-order valence-corrected chi connectivity index (χ1v) is 6.49. The molecule has 0 radical (unpaired) electrons. The van der Waals surface area contributed by atoms with Crippen LogP contribution in [-0.4, -0.2) is 55.0 Å². The van der Waals surface area contributed by atoms with Crippen LogP contribution in [-0.2, 0) is 4.74 Å². The number of hydrogen-bond acceptors (Lipinski definition) is 4. The second kappa shape index (κ2) is 5.96. The number of nitrogens with two attached hydrogens (primary N) is 1. The summed E-state index contributed by atoms with van der Waals surface area (Å²) in [5.41, 5.74) is 6.11. The highest BCUT2D eigenvalue weighted by atomic mass is 16.5. The predicted octanol–water partition coefficient (Wildman–Crippen LogP) is 0.197. The van der Waals surface area contributed by atoms with Gasteiger partial charge in [0, 0.05) is 31.2 Å². The summed E-state index contributed by atoms with van der Waals surface area (Å²) in [7, 11) is 0. The second-order valence-corrected chi connectivity index (χ2v) is 5.11. The lowest BCUT2D eigenvalue weighted by molar-refractivity contribution is 0.00504. The van der Waals surface area contributed by atoms with Crippen LogP contribution in [0, 0.1) is 5.92 Å². The molecule has 2 rings (SSSR count). The Balaban J connectivity index is 1.86. The molecule has 3 N–H and O–H groups in total. The first-order chi connectivity index (χ1) is 7.81. The van der Waals surface area contributed by atoms with Gasteiger partial charge in [-0.2, -0.15) is 0 Å². The molecule has 0 aromatic carbocycles. The molecule has 0 bridgehead atoms. The van der Waals surface area contributed by atoms with Gasteiger partial charge >= 0.3 is 0 Å². The van der Waals surface area contributed by atoms with E-state index in [2.05, 4.69) is 4.90 Å². The zero-order valence-electron chi connectivity index (χ0n) is 9.98. The Bertz CT molecular complexity index is 213. The van der Waals surface area contributed by atoms with Crippen LogP contribution in [0.4, 0.5) is 0 Å². The number of piperidine rings is 1. The van der Waals surface area contributed by atoms with Crippen molar-refractivity contribution < 1.29 is 9.84 Å². The van der Waals surface area contributed by atoms with Crippen LogP contribution in [0.3, 0.4) is 0 Å². The van der Waals surface area contributed by atoms with Crippen molar-refractivity contribution in [3.8, 4) is 0 Å². The highest BCUT2D eigenvalue weighted by Gasteiger charge is 2.28. The Morgan fingerprint density at radius 1 is 1.31 bits per heavy atom. The van der Waals surface area contributed by atoms with Crippen LogP contribution < -0.4 is 5.73 Å². The van der Waals surface area contributed by atoms with Gasteiger partial charge in [0.05, 0.1) is 13.2 Å². The molecule has 0 saturated carbocycles. The van der Waals surface area contributed by atoms with Gasteiger partial charge < -0.3 is 15.6 Å². The molecule has 0 amide bonds. The summed E-state index contributed by atoms with van der Waals surface area (Å²) in [4.78, 5) is 2.41. The molecule has 3 unspecified atom stereocenters. The van der Waals surface area contributed by atoms with Crippen molar-refractivity contribution >= 4 is 0 Å². The molecule has 0 aromatic heterocycles. The first-order valence-electron chi connectivity index (χ1n) is 6.49. The Hall–Kier alpha value is -0.160. The molecule has 3 atom stereocenters. The third kappa shape index (κ3) is 2.94. The molecule has 2 heterocycles. The Kier molecular flexibility index (Phi) is 4.58. The van der Waals surface area contributed by atoms with E-state index in [-0.39, 0.29) is 12.6 Å². The van der Waals surface area contributed by atoms with Gasteiger partial charge in [-0.3, -0.25) is 4.90 Å². The summed E-state index contributed by atoms with van der Waals surface area (Å²) in [5, 5.41) is 9.35. The summed E-state index contributed by atoms with van der Waals surface area (Å²) in [6, 6.07) is 0.623. The maximum Gasteiger partial charge on any atom is 0.0586 e. The predicted molar refractivity (Wildman–Crippen MR) is 63.2 cm³/mol. The zero-order chi connectivity index (χ0) is 11.4. The monoisotopic (exact) mass is 228 g/mol. The van der Waals surface area contributed by atoms with Crippen LogP contribution in [0.15, 0.2) is 0 Å². The molecule has 4 nitrogen and oxygen atoms in total. The molecule has 16 heavy (non-hydrogen) atoms. The van der Waals surface area contributed by atoms with Crippen molar-refractivity contribution in [2.75, 3.05) is 32.9 Å². The van der Waals surface area contributed by atoms with Crippen LogP contribution in [0.2, 0.25) is 0 Å². The third-order valence-corrected chi connectivity index (χ3v) is 3.96. The van der Waals surface area contributed by atoms with Gasteiger partial charge in [0.25, 0.3) is 0 Å². The summed E-state index contributed by atoms with van der Waals surface area (Å²) in [6.45, 7) is 3.97. The van der Waals surface area contributed by atoms with Crippen LogP contribution in [0.1, 0.15) is 25.7 Å². The van der Waals surface area contributed by atoms with Gasteiger partial charge in [-0.1, -0.05) is 6.42 Å². The molecule has 2 saturated heterocycles. The van der Waals surface area contributed by atoms with E-state index in [1.807, 2.05) is 0 Å². The van der Waals surface area contributed by atoms with Gasteiger partial charge in [0.1, 0.15) is 0 Å². The number of aliphatic hydroxyl groups excluding tert-OH is 1. The molecule has 4 heteroatoms. The Morgan fingerprint density at radius 3 is 2.94 bits per heavy atom. The summed E-state index contributed by atoms with van der Waals surface area (Å²) >= 11 is 0. The number of rotatable bonds is 3. The second-order valence-electron chi connectivity index (χ2n) is 5.11. The lowest BCUT2D eigenvalue weighted by atomic mass is 9.93. The number of ether oxygens (including phenoxy) is 1. The average molecular weight is 228 g/mol. The smallest absolute Gasteiger partial charge is 0.0586 e. The van der Waals surface area contributed by atoms with Crippen LogP contribution in [0.5, 0.6) is 0 Å². The molecule has 0 aliphatic carbocycles. The van der Waals surface area contributed by atoms with Gasteiger partial charge in [-0.05, 0) is 25.8 Å². The van der Waals surface area contributed by atoms with Gasteiger partial charge in [-0.25, -0.2) is 0 Å². The van der Waals surface area contributed by atoms with E-state index in [0.29, 0.717) is 12.0 Å². The van der Waals surface area contributed by atoms with Gasteiger partial charge in [-0.15, -0.1) is 0 Å². The molecule has 0 spiro atoms. The maximum atomic E-state index is 9.35. The lowest BCUT2D eigenvalue weighted by Gasteiger charge is -2.39. The topological polar surface area (TPSA) is 58.7 Å². The fourth-order valence-electron chi connectivity index (χ4n) is 2.81. The third-order valence-electron chi connectivity index (χ3n) is 3.96. The normalized spacial score (nSPS) is 37.5. The van der Waals surface area contributed by atoms with Crippen LogP contribution in [0.25, 0.3) is 0 Å². The maximum absolute atomic E-state index is 9.35. The standard InChI is InChI=1S/C12H24N2O2/c13-12-4-6-16-9-10(12)7-14-5-2-1-3-11(14)8-15/h10-12,15H,1-9,13H2. The number of aliphatic hydroxyl groups is 1. The molecular formula is C12H24N2O2. The van der Waals surface area contributed by atoms with E-state index < -0.39 is 0 Å². The minimum atomic E-state index is 0.273. The molecular weight excluding hydrogens is 204 g/mol. The van der Waals surface area contributed by atoms with Crippen molar-refractivity contribution in [3.05, 3.63) is 0 Å². The van der Waals surface area contributed by atoms with Crippen molar-refractivity contribution in [2.24, 2.45) is 11.7 Å². The summed E-state index contributed by atoms with van der Waals surface area (Å²) < 4.78 is 5.49. The van der Waals surface area contributed by atoms with E-state index in [1.54, 1.807) is 0 Å². The number of nitrogens with zero attached hydrogens (tertiary/aromatic N) is 1. The van der Waals surface area contributed by atoms with Crippen molar-refractivity contribution in [1.82, 2.24) is 4.90 Å². The number of likely N-dealkylation sites (tertiary alicyclic amines) is 1. The Labute approximate surface area is 97.7 Å². The van der Waals surface area contributed by atoms with Crippen molar-refractivity contribution in [3.63, 3.8) is 0 Å². The Morgan fingerprint density at radius 2 is 2.19 bits per heavy atom. The SMILES string of the molecule is NC1CCOCC1CN1CCCCC1CO. The molecule has 2 aliphatic rings. The largest absolute Gasteiger partial charge is 0.395 e. The zero-order valence-corrected chi connectivity index (χ0v) is 9.98. The molecule has 2 fully saturated rings. The fraction of sp³-hybridized carbons (Fsp3) is 1.00. The quantitative estimate of drug-likeness (QED) is 0.724. The minimum absolute atomic E-state index is 0.273. The first kappa shape index (κ1) is 12.3. The van der Waals surface area contributed by atoms with E-state index in [1.165, 1.54) is 12.8 Å². The van der Waals surface area contributed by atoms with Crippen LogP contribution >= 0.6 is 0 Å². The summed E-state index contributed by atoms with van der Waals surface area (Å²) in [5.74, 6) is 0.445. The lowest BCUT2D eigenvalue weighted by Crippen LogP contribution is -2.50. The highest BCUT2D eigenvalue weighted by Crippen LogP contribution is 2.21. The van der Waals surface area contributed by atoms with E-state index in [0.717, 1.165) is 39.1 Å². The summed E-state index contributed by atoms with van der Waals surface area (Å²) in [6.07, 6.45) is 4.59. The highest BCUT2D eigenvalue weighted by molar-refractivity contribution is 4.83. The fourth-order valence-corrected chi connectivity index (χ4v) is 2.81. The van der Waals surface area contributed by atoms with E-state index in [9.17, 15) is 5.11 Å². The van der Waals surface area contributed by atoms with Gasteiger partial charge in [0.15, 0.2) is 0 Å². The minimum Gasteiger partial charge on any atom is -0.395 e. The van der Waals surface area contributed by atoms with E-state index in [4.69, 9.17) is 10.5 Å². The van der Waals surface area contributed by atoms with Crippen molar-refractivity contribution in [2.45, 2.75) is 37.8 Å². The van der Waals surface area contributed by atoms with E-state index >= 15 is 0 Å². The molecule has 0 aromatic rings.